The van der Waals surface area contributed by atoms with Gasteiger partial charge in [-0.25, -0.2) is 0 Å². The van der Waals surface area contributed by atoms with E-state index in [2.05, 4.69) is 17.2 Å². The molecule has 1 aliphatic heterocycles. The number of nitrogens with zero attached hydrogens (tertiary/aromatic N) is 2. The van der Waals surface area contributed by atoms with E-state index in [0.29, 0.717) is 17.8 Å². The van der Waals surface area contributed by atoms with E-state index < -0.39 is 5.54 Å². The number of rotatable bonds is 5. The van der Waals surface area contributed by atoms with Crippen molar-refractivity contribution in [2.24, 2.45) is 0 Å². The van der Waals surface area contributed by atoms with E-state index in [4.69, 9.17) is 0 Å². The van der Waals surface area contributed by atoms with Crippen LogP contribution in [0.5, 0.6) is 0 Å². The lowest BCUT2D eigenvalue weighted by Crippen LogP contribution is -2.60. The summed E-state index contributed by atoms with van der Waals surface area (Å²) in [5, 5.41) is 3.06. The molecule has 1 fully saturated rings. The largest absolute Gasteiger partial charge is 0.332 e. The van der Waals surface area contributed by atoms with E-state index in [1.807, 2.05) is 41.3 Å². The maximum absolute atomic E-state index is 13.5. The molecule has 2 aromatic rings. The number of unbranched alkanes of at least 4 members (excludes halogenated alkanes) is 1. The number of benzene rings is 1. The van der Waals surface area contributed by atoms with Gasteiger partial charge in [0, 0.05) is 18.3 Å². The van der Waals surface area contributed by atoms with Gasteiger partial charge in [0.2, 0.25) is 5.91 Å². The van der Waals surface area contributed by atoms with E-state index in [9.17, 15) is 9.59 Å². The number of nitrogens with one attached hydrogen (secondary N) is 1. The van der Waals surface area contributed by atoms with Crippen LogP contribution in [0.4, 0.5) is 5.69 Å². The van der Waals surface area contributed by atoms with Gasteiger partial charge in [-0.2, -0.15) is 0 Å². The summed E-state index contributed by atoms with van der Waals surface area (Å²) in [6, 6.07) is 11.3. The Labute approximate surface area is 166 Å². The minimum absolute atomic E-state index is 0.0450. The molecule has 28 heavy (non-hydrogen) atoms. The van der Waals surface area contributed by atoms with Crippen LogP contribution in [0, 0.1) is 0 Å². The Morgan fingerprint density at radius 3 is 2.71 bits per heavy atom. The molecule has 0 saturated heterocycles. The number of hydrogen-bond acceptors (Lipinski definition) is 3. The van der Waals surface area contributed by atoms with Crippen LogP contribution in [0.1, 0.15) is 67.3 Å². The zero-order valence-corrected chi connectivity index (χ0v) is 16.4. The van der Waals surface area contributed by atoms with Crippen molar-refractivity contribution < 1.29 is 9.59 Å². The first-order valence-electron chi connectivity index (χ1n) is 10.3. The van der Waals surface area contributed by atoms with Crippen LogP contribution in [-0.2, 0) is 4.79 Å². The van der Waals surface area contributed by atoms with Crippen LogP contribution in [0.3, 0.4) is 0 Å². The summed E-state index contributed by atoms with van der Waals surface area (Å²) in [5.41, 5.74) is 1.80. The highest BCUT2D eigenvalue weighted by Gasteiger charge is 2.55. The molecule has 2 amide bonds. The lowest BCUT2D eigenvalue weighted by molar-refractivity contribution is -0.121. The highest BCUT2D eigenvalue weighted by molar-refractivity contribution is 6.05. The van der Waals surface area contributed by atoms with E-state index in [1.165, 1.54) is 0 Å². The zero-order chi connectivity index (χ0) is 19.6. The second-order valence-electron chi connectivity index (χ2n) is 7.87. The van der Waals surface area contributed by atoms with Gasteiger partial charge in [0.15, 0.2) is 0 Å². The van der Waals surface area contributed by atoms with Crippen LogP contribution >= 0.6 is 0 Å². The van der Waals surface area contributed by atoms with Gasteiger partial charge in [-0.05, 0) is 43.0 Å². The summed E-state index contributed by atoms with van der Waals surface area (Å²) in [6.45, 7) is 2.84. The van der Waals surface area contributed by atoms with Crippen LogP contribution in [0.2, 0.25) is 0 Å². The van der Waals surface area contributed by atoms with Crippen molar-refractivity contribution in [3.8, 4) is 0 Å². The normalized spacial score (nSPS) is 20.2. The Kier molecular flexibility index (Phi) is 5.16. The molecule has 1 spiro atoms. The third-order valence-corrected chi connectivity index (χ3v) is 6.22. The minimum atomic E-state index is -0.424. The predicted molar refractivity (Wildman–Crippen MR) is 109 cm³/mol. The number of pyridine rings is 1. The summed E-state index contributed by atoms with van der Waals surface area (Å²) in [5.74, 6) is -0.325. The molecule has 4 rings (SSSR count). The highest BCUT2D eigenvalue weighted by atomic mass is 16.2. The maximum atomic E-state index is 13.5. The molecule has 0 radical (unpaired) electrons. The lowest BCUT2D eigenvalue weighted by Gasteiger charge is -2.50. The zero-order valence-electron chi connectivity index (χ0n) is 16.4. The molecule has 1 N–H and O–H groups in total. The Morgan fingerprint density at radius 2 is 2.00 bits per heavy atom. The first-order chi connectivity index (χ1) is 13.7. The number of anilines is 1. The quantitative estimate of drug-likeness (QED) is 0.841. The molecule has 1 aromatic heterocycles. The summed E-state index contributed by atoms with van der Waals surface area (Å²) >= 11 is 0. The summed E-state index contributed by atoms with van der Waals surface area (Å²) < 4.78 is 0. The SMILES string of the molecule is CCCCN1C(=O)c2ccccc2[C@@H](C(=O)Nc2cccnc2)C12CCCC2. The number of fused-ring (bicyclic) bond motifs is 1. The highest BCUT2D eigenvalue weighted by Crippen LogP contribution is 2.50. The van der Waals surface area contributed by atoms with Crippen molar-refractivity contribution in [3.05, 3.63) is 59.9 Å². The van der Waals surface area contributed by atoms with Crippen molar-refractivity contribution in [2.45, 2.75) is 56.9 Å². The molecule has 1 aliphatic carbocycles. The van der Waals surface area contributed by atoms with E-state index >= 15 is 0 Å². The fourth-order valence-corrected chi connectivity index (χ4v) is 4.96. The number of carbonyl (C=O) groups is 2. The van der Waals surface area contributed by atoms with Gasteiger partial charge in [-0.1, -0.05) is 44.4 Å². The van der Waals surface area contributed by atoms with Crippen LogP contribution < -0.4 is 5.32 Å². The number of hydrogen-bond donors (Lipinski definition) is 1. The van der Waals surface area contributed by atoms with Crippen LogP contribution in [0.15, 0.2) is 48.8 Å². The topological polar surface area (TPSA) is 62.3 Å². The minimum Gasteiger partial charge on any atom is -0.332 e. The van der Waals surface area contributed by atoms with Gasteiger partial charge < -0.3 is 10.2 Å². The van der Waals surface area contributed by atoms with Gasteiger partial charge in [0.05, 0.1) is 23.3 Å². The molecule has 5 nitrogen and oxygen atoms in total. The van der Waals surface area contributed by atoms with E-state index in [0.717, 1.165) is 44.1 Å². The third kappa shape index (κ3) is 3.09. The molecule has 1 aromatic carbocycles. The van der Waals surface area contributed by atoms with E-state index in [1.54, 1.807) is 12.4 Å². The average Bonchev–Trinajstić information content (AvgIpc) is 3.18. The number of carbonyl (C=O) groups excluding carboxylic acids is 2. The Balaban J connectivity index is 1.79. The molecule has 0 unspecified atom stereocenters. The van der Waals surface area contributed by atoms with Gasteiger partial charge in [-0.15, -0.1) is 0 Å². The Morgan fingerprint density at radius 1 is 1.21 bits per heavy atom. The Hall–Kier alpha value is -2.69. The molecular formula is C23H27N3O2. The standard InChI is InChI=1S/C23H27N3O2/c1-2-3-15-26-22(28)19-11-5-4-10-18(19)20(23(26)12-6-7-13-23)21(27)25-17-9-8-14-24-16-17/h4-5,8-11,14,16,20H,2-3,6-7,12-13,15H2,1H3,(H,25,27)/t20-/m0/s1. The molecular weight excluding hydrogens is 350 g/mol. The molecule has 0 bridgehead atoms. The smallest absolute Gasteiger partial charge is 0.254 e. The number of aromatic nitrogens is 1. The summed E-state index contributed by atoms with van der Waals surface area (Å²) in [6.07, 6.45) is 9.18. The van der Waals surface area contributed by atoms with E-state index in [-0.39, 0.29) is 17.7 Å². The predicted octanol–water partition coefficient (Wildman–Crippen LogP) is 4.37. The summed E-state index contributed by atoms with van der Waals surface area (Å²) in [4.78, 5) is 33.1. The van der Waals surface area contributed by atoms with Crippen molar-refractivity contribution in [1.29, 1.82) is 0 Å². The molecule has 146 valence electrons. The average molecular weight is 377 g/mol. The first-order valence-corrected chi connectivity index (χ1v) is 10.3. The lowest BCUT2D eigenvalue weighted by atomic mass is 9.71. The molecule has 2 heterocycles. The number of amides is 2. The van der Waals surface area contributed by atoms with Gasteiger partial charge in [0.1, 0.15) is 0 Å². The Bertz CT molecular complexity index is 859. The van der Waals surface area contributed by atoms with Crippen molar-refractivity contribution >= 4 is 17.5 Å². The second-order valence-corrected chi connectivity index (χ2v) is 7.87. The molecule has 2 aliphatic rings. The van der Waals surface area contributed by atoms with Gasteiger partial charge in [0.25, 0.3) is 5.91 Å². The fourth-order valence-electron chi connectivity index (χ4n) is 4.96. The maximum Gasteiger partial charge on any atom is 0.254 e. The third-order valence-electron chi connectivity index (χ3n) is 6.22. The van der Waals surface area contributed by atoms with Crippen LogP contribution in [-0.4, -0.2) is 33.8 Å². The van der Waals surface area contributed by atoms with Gasteiger partial charge in [-0.3, -0.25) is 14.6 Å². The van der Waals surface area contributed by atoms with Gasteiger partial charge >= 0.3 is 0 Å². The summed E-state index contributed by atoms with van der Waals surface area (Å²) in [7, 11) is 0. The molecule has 5 heteroatoms. The molecule has 1 saturated carbocycles. The van der Waals surface area contributed by atoms with Crippen LogP contribution in [0.25, 0.3) is 0 Å². The monoisotopic (exact) mass is 377 g/mol. The van der Waals surface area contributed by atoms with Crippen molar-refractivity contribution in [2.75, 3.05) is 11.9 Å². The van der Waals surface area contributed by atoms with Crippen molar-refractivity contribution in [3.63, 3.8) is 0 Å². The fraction of sp³-hybridized carbons (Fsp3) is 0.435. The first kappa shape index (κ1) is 18.7. The second kappa shape index (κ2) is 7.74. The molecule has 1 atom stereocenters. The van der Waals surface area contributed by atoms with Crippen molar-refractivity contribution in [1.82, 2.24) is 9.88 Å².